The van der Waals surface area contributed by atoms with Crippen LogP contribution in [0.15, 0.2) is 0 Å². The van der Waals surface area contributed by atoms with Crippen LogP contribution in [0.4, 0.5) is 0 Å². The van der Waals surface area contributed by atoms with Crippen LogP contribution in [-0.2, 0) is 0 Å². The molecule has 0 saturated heterocycles. The van der Waals surface area contributed by atoms with Crippen LogP contribution in [0.1, 0.15) is 0 Å². The first-order valence-corrected chi connectivity index (χ1v) is 0. The van der Waals surface area contributed by atoms with Crippen molar-refractivity contribution in [2.24, 2.45) is 0 Å². The minimum atomic E-state index is 0. The molecule has 4 heteroatoms. The van der Waals surface area contributed by atoms with Crippen LogP contribution in [-0.4, -0.2) is 16.4 Å². The maximum Gasteiger partial charge on any atom is 0 e. The van der Waals surface area contributed by atoms with Crippen molar-refractivity contribution in [1.82, 2.24) is 0 Å². The van der Waals surface area contributed by atoms with Crippen molar-refractivity contribution in [2.75, 3.05) is 0 Å². The molecule has 0 saturated carbocycles. The van der Waals surface area contributed by atoms with E-state index in [9.17, 15) is 0 Å². The molecule has 0 bridgehead atoms. The van der Waals surface area contributed by atoms with Gasteiger partial charge < -0.3 is 16.4 Å². The zero-order valence-electron chi connectivity index (χ0n) is 2.08. The normalized spacial score (nSPS) is 0. The Morgan fingerprint density at radius 3 is 0.500 bits per heavy atom. The third-order valence-electron chi connectivity index (χ3n) is 0. The number of rotatable bonds is 0. The minimum absolute atomic E-state index is 0. The van der Waals surface area contributed by atoms with E-state index < -0.39 is 0 Å². The summed E-state index contributed by atoms with van der Waals surface area (Å²) in [5.74, 6) is 0. The maximum atomic E-state index is 0. The van der Waals surface area contributed by atoms with Crippen molar-refractivity contribution >= 4 is 0 Å². The first-order valence-electron chi connectivity index (χ1n) is 0. The van der Waals surface area contributed by atoms with Crippen LogP contribution in [0.5, 0.6) is 0 Å². The van der Waals surface area contributed by atoms with E-state index >= 15 is 0 Å². The molecule has 1 radical (unpaired) electrons. The Hall–Kier alpha value is 1.07. The molecule has 3 nitrogen and oxygen atoms in total. The van der Waals surface area contributed by atoms with Crippen LogP contribution < -0.4 is 0 Å². The van der Waals surface area contributed by atoms with Crippen molar-refractivity contribution in [1.29, 1.82) is 0 Å². The van der Waals surface area contributed by atoms with Gasteiger partial charge >= 0.3 is 0 Å². The molecule has 0 amide bonds. The molecule has 0 spiro atoms. The van der Waals surface area contributed by atoms with Gasteiger partial charge in [0.25, 0.3) is 0 Å². The number of hydrogen-bond donors (Lipinski definition) is 0. The summed E-state index contributed by atoms with van der Waals surface area (Å²) in [6.07, 6.45) is 0. The summed E-state index contributed by atoms with van der Waals surface area (Å²) < 4.78 is 0. The first-order chi connectivity index (χ1) is 0. The van der Waals surface area contributed by atoms with Crippen molar-refractivity contribution in [3.8, 4) is 0 Å². The van der Waals surface area contributed by atoms with Crippen molar-refractivity contribution in [3.63, 3.8) is 0 Å². The molecule has 0 aromatic rings. The molecule has 0 aliphatic rings. The van der Waals surface area contributed by atoms with Crippen molar-refractivity contribution < 1.29 is 52.0 Å². The second-order valence-corrected chi connectivity index (χ2v) is 0. The third kappa shape index (κ3) is 11.5. The van der Waals surface area contributed by atoms with Gasteiger partial charge in [0.1, 0.15) is 0 Å². The van der Waals surface area contributed by atoms with Gasteiger partial charge in [-0.1, -0.05) is 0 Å². The third-order valence-corrected chi connectivity index (χ3v) is 0. The molecule has 6 N–H and O–H groups in total. The van der Waals surface area contributed by atoms with Gasteiger partial charge in [-0.15, -0.1) is 0 Å². The van der Waals surface area contributed by atoms with E-state index in [2.05, 4.69) is 0 Å². The molecule has 0 atom stereocenters. The SMILES string of the molecule is O.O.O.[La]. The van der Waals surface area contributed by atoms with E-state index in [1.807, 2.05) is 0 Å². The largest absolute Gasteiger partial charge is 0.412 e. The summed E-state index contributed by atoms with van der Waals surface area (Å²) in [5.41, 5.74) is 0. The van der Waals surface area contributed by atoms with Crippen LogP contribution >= 0.6 is 0 Å². The average molecular weight is 193 g/mol. The summed E-state index contributed by atoms with van der Waals surface area (Å²) in [5, 5.41) is 0. The molecular weight excluding hydrogens is 187 g/mol. The predicted octanol–water partition coefficient (Wildman–Crippen LogP) is -2.47. The fourth-order valence-corrected chi connectivity index (χ4v) is 0. The maximum absolute atomic E-state index is 0. The zero-order valence-corrected chi connectivity index (χ0v) is 5.70. The van der Waals surface area contributed by atoms with Gasteiger partial charge in [-0.25, -0.2) is 0 Å². The van der Waals surface area contributed by atoms with Gasteiger partial charge in [-0.05, 0) is 0 Å². The Kier molecular flexibility index (Phi) is 608. The molecule has 0 unspecified atom stereocenters. The Labute approximate surface area is 51.9 Å². The van der Waals surface area contributed by atoms with Crippen LogP contribution in [0.25, 0.3) is 0 Å². The van der Waals surface area contributed by atoms with E-state index in [1.165, 1.54) is 0 Å². The predicted molar refractivity (Wildman–Crippen MR) is 10.8 cm³/mol. The van der Waals surface area contributed by atoms with Gasteiger partial charge in [0.2, 0.25) is 0 Å². The molecular formula is H6LaO3. The quantitative estimate of drug-likeness (QED) is 0.407. The minimum Gasteiger partial charge on any atom is -0.412 e. The Balaban J connectivity index is 0. The topological polar surface area (TPSA) is 94.5 Å². The van der Waals surface area contributed by atoms with Crippen LogP contribution in [0.3, 0.4) is 0 Å². The second kappa shape index (κ2) is 33.3. The summed E-state index contributed by atoms with van der Waals surface area (Å²) in [4.78, 5) is 0. The second-order valence-electron chi connectivity index (χ2n) is 0. The molecule has 0 heterocycles. The summed E-state index contributed by atoms with van der Waals surface area (Å²) >= 11 is 0. The van der Waals surface area contributed by atoms with Gasteiger partial charge in [0.15, 0.2) is 0 Å². The summed E-state index contributed by atoms with van der Waals surface area (Å²) in [6, 6.07) is 0. The van der Waals surface area contributed by atoms with Crippen molar-refractivity contribution in [3.05, 3.63) is 0 Å². The van der Waals surface area contributed by atoms with E-state index in [0.29, 0.717) is 0 Å². The molecule has 0 rings (SSSR count). The van der Waals surface area contributed by atoms with Crippen LogP contribution in [0, 0.1) is 35.6 Å². The Morgan fingerprint density at radius 1 is 0.500 bits per heavy atom. The average Bonchev–Trinajstić information content (AvgIpc) is 0. The molecule has 0 fully saturated rings. The fraction of sp³-hybridized carbons (Fsp3) is 0. The Morgan fingerprint density at radius 2 is 0.500 bits per heavy atom. The van der Waals surface area contributed by atoms with Crippen molar-refractivity contribution in [2.45, 2.75) is 0 Å². The smallest absolute Gasteiger partial charge is 0 e. The van der Waals surface area contributed by atoms with Gasteiger partial charge in [-0.3, -0.25) is 0 Å². The summed E-state index contributed by atoms with van der Waals surface area (Å²) in [7, 11) is 0. The van der Waals surface area contributed by atoms with E-state index in [1.54, 1.807) is 0 Å². The molecule has 0 aliphatic carbocycles. The molecule has 4 heavy (non-hydrogen) atoms. The first kappa shape index (κ1) is 72.9. The van der Waals surface area contributed by atoms with Crippen LogP contribution in [0.2, 0.25) is 0 Å². The van der Waals surface area contributed by atoms with E-state index in [0.717, 1.165) is 0 Å². The molecule has 27 valence electrons. The van der Waals surface area contributed by atoms with Gasteiger partial charge in [0, 0.05) is 35.6 Å². The van der Waals surface area contributed by atoms with E-state index in [-0.39, 0.29) is 52.0 Å². The molecule has 0 aromatic heterocycles. The Bertz CT molecular complexity index is 3.25. The van der Waals surface area contributed by atoms with Gasteiger partial charge in [-0.2, -0.15) is 0 Å². The molecule has 0 aromatic carbocycles. The van der Waals surface area contributed by atoms with E-state index in [4.69, 9.17) is 0 Å². The number of hydrogen-bond acceptors (Lipinski definition) is 0. The van der Waals surface area contributed by atoms with Gasteiger partial charge in [0.05, 0.1) is 0 Å². The zero-order chi connectivity index (χ0) is 0. The monoisotopic (exact) mass is 193 g/mol. The molecule has 0 aliphatic heterocycles. The fourth-order valence-electron chi connectivity index (χ4n) is 0. The summed E-state index contributed by atoms with van der Waals surface area (Å²) in [6.45, 7) is 0. The standard InChI is InChI=1S/La.3H2O/h;3*1H2.